The van der Waals surface area contributed by atoms with Crippen molar-refractivity contribution in [2.24, 2.45) is 0 Å². The highest BCUT2D eigenvalue weighted by atomic mass is 16.5. The lowest BCUT2D eigenvalue weighted by Crippen LogP contribution is -2.41. The molecule has 0 bridgehead atoms. The predicted octanol–water partition coefficient (Wildman–Crippen LogP) is 1.26. The molecule has 1 N–H and O–H groups in total. The Kier molecular flexibility index (Phi) is 2.49. The van der Waals surface area contributed by atoms with E-state index < -0.39 is 0 Å². The van der Waals surface area contributed by atoms with Gasteiger partial charge in [-0.3, -0.25) is 4.79 Å². The second-order valence-electron chi connectivity index (χ2n) is 3.44. The van der Waals surface area contributed by atoms with Crippen LogP contribution < -0.4 is 14.8 Å². The maximum atomic E-state index is 10.8. The molecule has 4 nitrogen and oxygen atoms in total. The molecule has 1 atom stereocenters. The van der Waals surface area contributed by atoms with Gasteiger partial charge in [0.25, 0.3) is 0 Å². The number of hydrogen-bond acceptors (Lipinski definition) is 3. The first kappa shape index (κ1) is 9.83. The van der Waals surface area contributed by atoms with Crippen molar-refractivity contribution in [1.29, 1.82) is 0 Å². The lowest BCUT2D eigenvalue weighted by atomic mass is 9.97. The Hall–Kier alpha value is -1.71. The van der Waals surface area contributed by atoms with Crippen LogP contribution in [0.4, 0.5) is 0 Å². The normalized spacial score (nSPS) is 19.1. The van der Waals surface area contributed by atoms with E-state index in [1.165, 1.54) is 0 Å². The summed E-state index contributed by atoms with van der Waals surface area (Å²) in [6.45, 7) is 0. The minimum atomic E-state index is 0.0924. The molecule has 1 saturated heterocycles. The van der Waals surface area contributed by atoms with E-state index in [4.69, 9.17) is 9.47 Å². The summed E-state index contributed by atoms with van der Waals surface area (Å²) < 4.78 is 10.3. The van der Waals surface area contributed by atoms with Crippen molar-refractivity contribution in [3.8, 4) is 11.5 Å². The van der Waals surface area contributed by atoms with Gasteiger partial charge in [0.15, 0.2) is 11.5 Å². The highest BCUT2D eigenvalue weighted by Gasteiger charge is 2.27. The van der Waals surface area contributed by atoms with E-state index in [1.807, 2.05) is 18.2 Å². The van der Waals surface area contributed by atoms with Gasteiger partial charge < -0.3 is 14.8 Å². The number of methoxy groups -OCH3 is 2. The summed E-state index contributed by atoms with van der Waals surface area (Å²) in [6, 6.07) is 5.80. The molecular weight excluding hydrogens is 194 g/mol. The molecule has 15 heavy (non-hydrogen) atoms. The van der Waals surface area contributed by atoms with Crippen molar-refractivity contribution in [3.05, 3.63) is 23.8 Å². The Morgan fingerprint density at radius 1 is 1.27 bits per heavy atom. The summed E-state index contributed by atoms with van der Waals surface area (Å²) in [7, 11) is 3.20. The van der Waals surface area contributed by atoms with E-state index >= 15 is 0 Å². The van der Waals surface area contributed by atoms with Gasteiger partial charge in [-0.25, -0.2) is 0 Å². The first-order valence-corrected chi connectivity index (χ1v) is 4.76. The van der Waals surface area contributed by atoms with E-state index in [0.717, 1.165) is 5.56 Å². The lowest BCUT2D eigenvalue weighted by Gasteiger charge is -2.27. The maximum absolute atomic E-state index is 10.8. The second-order valence-corrected chi connectivity index (χ2v) is 3.44. The van der Waals surface area contributed by atoms with Crippen LogP contribution in [-0.2, 0) is 4.79 Å². The first-order chi connectivity index (χ1) is 7.24. The summed E-state index contributed by atoms with van der Waals surface area (Å²) in [5.41, 5.74) is 1.05. The van der Waals surface area contributed by atoms with Gasteiger partial charge in [-0.2, -0.15) is 0 Å². The van der Waals surface area contributed by atoms with Crippen LogP contribution in [0.25, 0.3) is 0 Å². The fourth-order valence-corrected chi connectivity index (χ4v) is 1.63. The van der Waals surface area contributed by atoms with Gasteiger partial charge in [-0.15, -0.1) is 0 Å². The topological polar surface area (TPSA) is 47.6 Å². The molecule has 1 heterocycles. The van der Waals surface area contributed by atoms with Crippen molar-refractivity contribution in [2.45, 2.75) is 12.5 Å². The molecule has 1 aliphatic rings. The average Bonchev–Trinajstić information content (AvgIpc) is 2.24. The Morgan fingerprint density at radius 3 is 2.47 bits per heavy atom. The smallest absolute Gasteiger partial charge is 0.222 e. The van der Waals surface area contributed by atoms with Crippen LogP contribution in [0, 0.1) is 0 Å². The van der Waals surface area contributed by atoms with Crippen LogP contribution in [0.15, 0.2) is 18.2 Å². The average molecular weight is 207 g/mol. The molecule has 0 spiro atoms. The number of ether oxygens (including phenoxy) is 2. The fraction of sp³-hybridized carbons (Fsp3) is 0.364. The van der Waals surface area contributed by atoms with Gasteiger partial charge in [0, 0.05) is 0 Å². The number of benzene rings is 1. The number of hydrogen-bond donors (Lipinski definition) is 1. The Labute approximate surface area is 88.2 Å². The Balaban J connectivity index is 2.23. The second kappa shape index (κ2) is 3.81. The van der Waals surface area contributed by atoms with Gasteiger partial charge in [0.05, 0.1) is 26.7 Å². The van der Waals surface area contributed by atoms with Crippen molar-refractivity contribution < 1.29 is 14.3 Å². The number of amides is 1. The minimum absolute atomic E-state index is 0.0924. The zero-order valence-electron chi connectivity index (χ0n) is 8.74. The number of carbonyl (C=O) groups excluding carboxylic acids is 1. The van der Waals surface area contributed by atoms with E-state index in [2.05, 4.69) is 5.32 Å². The molecule has 2 rings (SSSR count). The van der Waals surface area contributed by atoms with Crippen LogP contribution in [0.1, 0.15) is 18.0 Å². The fourth-order valence-electron chi connectivity index (χ4n) is 1.63. The molecule has 0 radical (unpaired) electrons. The molecule has 1 fully saturated rings. The van der Waals surface area contributed by atoms with Crippen molar-refractivity contribution >= 4 is 5.91 Å². The molecule has 4 heteroatoms. The van der Waals surface area contributed by atoms with Gasteiger partial charge >= 0.3 is 0 Å². The molecule has 1 aromatic carbocycles. The van der Waals surface area contributed by atoms with Crippen molar-refractivity contribution in [1.82, 2.24) is 5.32 Å². The van der Waals surface area contributed by atoms with Crippen LogP contribution in [-0.4, -0.2) is 20.1 Å². The number of rotatable bonds is 3. The van der Waals surface area contributed by atoms with Gasteiger partial charge in [-0.05, 0) is 17.7 Å². The molecule has 1 aliphatic heterocycles. The standard InChI is InChI=1S/C11H13NO3/c1-14-9-4-3-7(5-10(9)15-2)8-6-11(13)12-8/h3-5,8H,6H2,1-2H3,(H,12,13). The van der Waals surface area contributed by atoms with Crippen LogP contribution in [0.5, 0.6) is 11.5 Å². The Morgan fingerprint density at radius 2 is 1.93 bits per heavy atom. The van der Waals surface area contributed by atoms with Crippen LogP contribution in [0.3, 0.4) is 0 Å². The molecule has 1 amide bonds. The number of nitrogens with one attached hydrogen (secondary N) is 1. The van der Waals surface area contributed by atoms with Crippen LogP contribution >= 0.6 is 0 Å². The van der Waals surface area contributed by atoms with Gasteiger partial charge in [0.1, 0.15) is 0 Å². The van der Waals surface area contributed by atoms with Crippen LogP contribution in [0.2, 0.25) is 0 Å². The zero-order valence-corrected chi connectivity index (χ0v) is 8.74. The van der Waals surface area contributed by atoms with Crippen molar-refractivity contribution in [2.75, 3.05) is 14.2 Å². The van der Waals surface area contributed by atoms with Crippen molar-refractivity contribution in [3.63, 3.8) is 0 Å². The molecular formula is C11H13NO3. The first-order valence-electron chi connectivity index (χ1n) is 4.76. The van der Waals surface area contributed by atoms with E-state index in [9.17, 15) is 4.79 Å². The number of β-lactam (4-membered cyclic amide) rings is 1. The molecule has 1 aromatic rings. The van der Waals surface area contributed by atoms with E-state index in [-0.39, 0.29) is 11.9 Å². The summed E-state index contributed by atoms with van der Waals surface area (Å²) >= 11 is 0. The highest BCUT2D eigenvalue weighted by Crippen LogP contribution is 2.32. The molecule has 0 aromatic heterocycles. The molecule has 0 aliphatic carbocycles. The minimum Gasteiger partial charge on any atom is -0.493 e. The van der Waals surface area contributed by atoms with E-state index in [1.54, 1.807) is 14.2 Å². The number of carbonyl (C=O) groups is 1. The van der Waals surface area contributed by atoms with Gasteiger partial charge in [-0.1, -0.05) is 6.07 Å². The molecule has 0 saturated carbocycles. The third-order valence-corrected chi connectivity index (χ3v) is 2.53. The summed E-state index contributed by atoms with van der Waals surface area (Å²) in [5.74, 6) is 1.48. The summed E-state index contributed by atoms with van der Waals surface area (Å²) in [4.78, 5) is 10.8. The monoisotopic (exact) mass is 207 g/mol. The molecule has 1 unspecified atom stereocenters. The summed E-state index contributed by atoms with van der Waals surface area (Å²) in [5, 5.41) is 2.81. The Bertz CT molecular complexity index is 381. The zero-order chi connectivity index (χ0) is 10.8. The van der Waals surface area contributed by atoms with E-state index in [0.29, 0.717) is 17.9 Å². The maximum Gasteiger partial charge on any atom is 0.222 e. The summed E-state index contributed by atoms with van der Waals surface area (Å²) in [6.07, 6.45) is 0.551. The largest absolute Gasteiger partial charge is 0.493 e. The molecule has 80 valence electrons. The SMILES string of the molecule is COc1ccc(C2CC(=O)N2)cc1OC. The highest BCUT2D eigenvalue weighted by molar-refractivity contribution is 5.83. The third-order valence-electron chi connectivity index (χ3n) is 2.53. The quantitative estimate of drug-likeness (QED) is 0.759. The third kappa shape index (κ3) is 1.75. The van der Waals surface area contributed by atoms with Gasteiger partial charge in [0.2, 0.25) is 5.91 Å². The lowest BCUT2D eigenvalue weighted by molar-refractivity contribution is -0.128. The predicted molar refractivity (Wildman–Crippen MR) is 55.0 cm³/mol.